The van der Waals surface area contributed by atoms with E-state index >= 15 is 0 Å². The third kappa shape index (κ3) is 1.80. The first-order chi connectivity index (χ1) is 6.58. The third-order valence-electron chi connectivity index (χ3n) is 2.01. The van der Waals surface area contributed by atoms with Crippen molar-refractivity contribution in [3.8, 4) is 0 Å². The monoisotopic (exact) mass is 259 g/mol. The van der Waals surface area contributed by atoms with E-state index in [4.69, 9.17) is 4.74 Å². The van der Waals surface area contributed by atoms with Gasteiger partial charge in [-0.15, -0.1) is 0 Å². The molecule has 0 unspecified atom stereocenters. The zero-order chi connectivity index (χ0) is 10.3. The molecular formula is C8H10BrN3O2. The van der Waals surface area contributed by atoms with Crippen molar-refractivity contribution in [2.24, 2.45) is 7.05 Å². The molecule has 2 rings (SSSR count). The maximum absolute atomic E-state index is 11.5. The van der Waals surface area contributed by atoms with Gasteiger partial charge < -0.3 is 10.1 Å². The lowest BCUT2D eigenvalue weighted by atomic mass is 10.3. The van der Waals surface area contributed by atoms with E-state index in [1.165, 1.54) is 0 Å². The minimum Gasteiger partial charge on any atom is -0.359 e. The molecule has 1 aliphatic heterocycles. The standard InChI is InChI=1S/C8H10BrN3O2/c1-4-6(14-4)8(13)10-5-3-12(2)11-7(5)9/h3-4,6H,1-2H3,(H,10,13)/t4-,6+/m0/s1. The molecule has 1 aromatic rings. The Morgan fingerprint density at radius 2 is 2.43 bits per heavy atom. The number of carbonyl (C=O) groups is 1. The number of aromatic nitrogens is 2. The van der Waals surface area contributed by atoms with E-state index in [9.17, 15) is 4.79 Å². The van der Waals surface area contributed by atoms with Crippen LogP contribution in [-0.4, -0.2) is 27.9 Å². The summed E-state index contributed by atoms with van der Waals surface area (Å²) < 4.78 is 7.29. The topological polar surface area (TPSA) is 59.5 Å². The second-order valence-corrected chi connectivity index (χ2v) is 4.01. The van der Waals surface area contributed by atoms with Gasteiger partial charge in [0.1, 0.15) is 0 Å². The van der Waals surface area contributed by atoms with Gasteiger partial charge in [-0.1, -0.05) is 0 Å². The number of anilines is 1. The number of epoxide rings is 1. The van der Waals surface area contributed by atoms with Crippen molar-refractivity contribution in [2.45, 2.75) is 19.1 Å². The van der Waals surface area contributed by atoms with Crippen LogP contribution in [0.1, 0.15) is 6.92 Å². The van der Waals surface area contributed by atoms with E-state index in [1.807, 2.05) is 6.92 Å². The summed E-state index contributed by atoms with van der Waals surface area (Å²) in [4.78, 5) is 11.5. The van der Waals surface area contributed by atoms with Crippen molar-refractivity contribution in [2.75, 3.05) is 5.32 Å². The van der Waals surface area contributed by atoms with Gasteiger partial charge >= 0.3 is 0 Å². The molecule has 0 radical (unpaired) electrons. The predicted octanol–water partition coefficient (Wildman–Crippen LogP) is 0.908. The van der Waals surface area contributed by atoms with E-state index in [1.54, 1.807) is 17.9 Å². The summed E-state index contributed by atoms with van der Waals surface area (Å²) in [7, 11) is 1.79. The SMILES string of the molecule is C[C@@H]1O[C@H]1C(=O)Nc1cn(C)nc1Br. The molecule has 1 aliphatic rings. The van der Waals surface area contributed by atoms with Crippen LogP contribution >= 0.6 is 15.9 Å². The Labute approximate surface area is 89.5 Å². The van der Waals surface area contributed by atoms with Crippen LogP contribution in [0.2, 0.25) is 0 Å². The van der Waals surface area contributed by atoms with Crippen molar-refractivity contribution >= 4 is 27.5 Å². The first-order valence-electron chi connectivity index (χ1n) is 4.23. The van der Waals surface area contributed by atoms with Crippen molar-refractivity contribution in [3.05, 3.63) is 10.8 Å². The van der Waals surface area contributed by atoms with Gasteiger partial charge in [0, 0.05) is 13.2 Å². The molecule has 1 N–H and O–H groups in total. The molecule has 14 heavy (non-hydrogen) atoms. The zero-order valence-corrected chi connectivity index (χ0v) is 9.41. The normalized spacial score (nSPS) is 24.8. The maximum atomic E-state index is 11.5. The Morgan fingerprint density at radius 1 is 1.79 bits per heavy atom. The van der Waals surface area contributed by atoms with Crippen LogP contribution in [0, 0.1) is 0 Å². The van der Waals surface area contributed by atoms with E-state index in [0.29, 0.717) is 10.3 Å². The lowest BCUT2D eigenvalue weighted by Gasteiger charge is -1.98. The molecular weight excluding hydrogens is 250 g/mol. The van der Waals surface area contributed by atoms with Gasteiger partial charge in [-0.05, 0) is 22.9 Å². The molecule has 0 bridgehead atoms. The summed E-state index contributed by atoms with van der Waals surface area (Å²) in [6, 6.07) is 0. The smallest absolute Gasteiger partial charge is 0.256 e. The van der Waals surface area contributed by atoms with Crippen molar-refractivity contribution < 1.29 is 9.53 Å². The van der Waals surface area contributed by atoms with Crippen LogP contribution < -0.4 is 5.32 Å². The Bertz CT molecular complexity index is 377. The van der Waals surface area contributed by atoms with Gasteiger partial charge in [-0.2, -0.15) is 5.10 Å². The molecule has 6 heteroatoms. The van der Waals surface area contributed by atoms with Crippen LogP contribution in [0.5, 0.6) is 0 Å². The molecule has 1 saturated heterocycles. The fourth-order valence-electron chi connectivity index (χ4n) is 1.21. The van der Waals surface area contributed by atoms with E-state index in [-0.39, 0.29) is 18.1 Å². The van der Waals surface area contributed by atoms with Crippen molar-refractivity contribution in [1.82, 2.24) is 9.78 Å². The highest BCUT2D eigenvalue weighted by molar-refractivity contribution is 9.10. The summed E-state index contributed by atoms with van der Waals surface area (Å²) in [6.45, 7) is 1.86. The molecule has 5 nitrogen and oxygen atoms in total. The minimum absolute atomic E-state index is 0.0328. The number of halogens is 1. The number of ether oxygens (including phenoxy) is 1. The molecule has 1 amide bonds. The molecule has 0 spiro atoms. The lowest BCUT2D eigenvalue weighted by molar-refractivity contribution is -0.117. The fourth-order valence-corrected chi connectivity index (χ4v) is 1.66. The summed E-state index contributed by atoms with van der Waals surface area (Å²) in [5.74, 6) is -0.119. The molecule has 0 aliphatic carbocycles. The first kappa shape index (κ1) is 9.67. The van der Waals surface area contributed by atoms with E-state index in [0.717, 1.165) is 0 Å². The van der Waals surface area contributed by atoms with Gasteiger partial charge in [0.05, 0.1) is 11.8 Å². The number of amides is 1. The number of rotatable bonds is 2. The van der Waals surface area contributed by atoms with Gasteiger partial charge in [-0.25, -0.2) is 0 Å². The number of aryl methyl sites for hydroxylation is 1. The molecule has 0 saturated carbocycles. The fraction of sp³-hybridized carbons (Fsp3) is 0.500. The Balaban J connectivity index is 2.03. The molecule has 1 aromatic heterocycles. The zero-order valence-electron chi connectivity index (χ0n) is 7.82. The molecule has 2 atom stereocenters. The minimum atomic E-state index is -0.304. The van der Waals surface area contributed by atoms with E-state index < -0.39 is 0 Å². The average molecular weight is 260 g/mol. The molecule has 2 heterocycles. The molecule has 76 valence electrons. The molecule has 0 aromatic carbocycles. The van der Waals surface area contributed by atoms with Crippen LogP contribution in [0.15, 0.2) is 10.8 Å². The number of nitrogens with zero attached hydrogens (tertiary/aromatic N) is 2. The highest BCUT2D eigenvalue weighted by atomic mass is 79.9. The summed E-state index contributed by atoms with van der Waals surface area (Å²) in [5.41, 5.74) is 0.667. The number of hydrogen-bond donors (Lipinski definition) is 1. The maximum Gasteiger partial charge on any atom is 0.256 e. The Morgan fingerprint density at radius 3 is 2.86 bits per heavy atom. The van der Waals surface area contributed by atoms with Crippen molar-refractivity contribution in [3.63, 3.8) is 0 Å². The van der Waals surface area contributed by atoms with Gasteiger partial charge in [-0.3, -0.25) is 9.48 Å². The van der Waals surface area contributed by atoms with Crippen LogP contribution in [-0.2, 0) is 16.6 Å². The number of carbonyl (C=O) groups excluding carboxylic acids is 1. The second-order valence-electron chi connectivity index (χ2n) is 3.26. The van der Waals surface area contributed by atoms with Crippen molar-refractivity contribution in [1.29, 1.82) is 0 Å². The first-order valence-corrected chi connectivity index (χ1v) is 5.02. The second kappa shape index (κ2) is 3.36. The van der Waals surface area contributed by atoms with Gasteiger partial charge in [0.2, 0.25) is 0 Å². The van der Waals surface area contributed by atoms with Crippen LogP contribution in [0.25, 0.3) is 0 Å². The average Bonchev–Trinajstić information content (AvgIpc) is 2.73. The molecule has 1 fully saturated rings. The Kier molecular flexibility index (Phi) is 2.32. The van der Waals surface area contributed by atoms with E-state index in [2.05, 4.69) is 26.3 Å². The van der Waals surface area contributed by atoms with Crippen LogP contribution in [0.4, 0.5) is 5.69 Å². The number of hydrogen-bond acceptors (Lipinski definition) is 3. The Hall–Kier alpha value is -0.880. The number of nitrogens with one attached hydrogen (secondary N) is 1. The van der Waals surface area contributed by atoms with Gasteiger partial charge in [0.25, 0.3) is 5.91 Å². The predicted molar refractivity (Wildman–Crippen MR) is 53.9 cm³/mol. The quantitative estimate of drug-likeness (QED) is 0.804. The summed E-state index contributed by atoms with van der Waals surface area (Å²) in [6.07, 6.45) is 1.46. The lowest BCUT2D eigenvalue weighted by Crippen LogP contribution is -2.19. The highest BCUT2D eigenvalue weighted by Gasteiger charge is 2.41. The van der Waals surface area contributed by atoms with Crippen LogP contribution in [0.3, 0.4) is 0 Å². The van der Waals surface area contributed by atoms with Gasteiger partial charge in [0.15, 0.2) is 10.7 Å². The highest BCUT2D eigenvalue weighted by Crippen LogP contribution is 2.25. The largest absolute Gasteiger partial charge is 0.359 e. The summed E-state index contributed by atoms with van der Waals surface area (Å²) >= 11 is 3.24. The third-order valence-corrected chi connectivity index (χ3v) is 2.60. The summed E-state index contributed by atoms with van der Waals surface area (Å²) in [5, 5.41) is 6.77.